The second-order valence-corrected chi connectivity index (χ2v) is 13.8. The summed E-state index contributed by atoms with van der Waals surface area (Å²) in [5, 5.41) is 16.3. The lowest BCUT2D eigenvalue weighted by atomic mass is 10.1. The first-order chi connectivity index (χ1) is 18.1. The van der Waals surface area contributed by atoms with Crippen molar-refractivity contribution >= 4 is 24.3 Å². The monoisotopic (exact) mass is 583 g/mol. The summed E-state index contributed by atoms with van der Waals surface area (Å²) < 4.78 is 49.7. The fraction of sp³-hybridized carbons (Fsp3) is 0.964. The van der Waals surface area contributed by atoms with Crippen LogP contribution in [-0.2, 0) is 28.7 Å². The molecule has 0 rings (SSSR count). The van der Waals surface area contributed by atoms with E-state index in [2.05, 4.69) is 13.8 Å². The average molecular weight is 584 g/mol. The number of carboxylic acids is 1. The predicted molar refractivity (Wildman–Crippen MR) is 155 cm³/mol. The summed E-state index contributed by atoms with van der Waals surface area (Å²) in [6.07, 6.45) is 14.1. The molecule has 38 heavy (non-hydrogen) atoms. The van der Waals surface area contributed by atoms with Crippen LogP contribution in [0.15, 0.2) is 0 Å². The average Bonchev–Trinajstić information content (AvgIpc) is 2.88. The molecule has 0 aliphatic heterocycles. The van der Waals surface area contributed by atoms with Gasteiger partial charge in [0.2, 0.25) is 6.29 Å². The number of hydrogen-bond acceptors (Lipinski definition) is 7. The first-order valence-electron chi connectivity index (χ1n) is 14.9. The lowest BCUT2D eigenvalue weighted by Gasteiger charge is -2.30. The fourth-order valence-corrected chi connectivity index (χ4v) is 6.97. The molecule has 0 aromatic heterocycles. The molecule has 10 heteroatoms. The van der Waals surface area contributed by atoms with Gasteiger partial charge >= 0.3 is 19.8 Å². The minimum absolute atomic E-state index is 0.0455. The summed E-state index contributed by atoms with van der Waals surface area (Å²) in [5.74, 6) is -1.69. The molecule has 0 spiro atoms. The van der Waals surface area contributed by atoms with E-state index in [0.717, 1.165) is 44.9 Å². The zero-order valence-electron chi connectivity index (χ0n) is 24.4. The second kappa shape index (κ2) is 22.1. The minimum Gasteiger partial charge on any atom is -0.476 e. The third-order valence-electron chi connectivity index (χ3n) is 6.99. The number of aliphatic hydroxyl groups is 1. The summed E-state index contributed by atoms with van der Waals surface area (Å²) in [5.41, 5.74) is 0. The van der Waals surface area contributed by atoms with Crippen molar-refractivity contribution in [3.05, 3.63) is 0 Å². The Morgan fingerprint density at radius 3 is 1.74 bits per heavy atom. The van der Waals surface area contributed by atoms with Gasteiger partial charge in [0.25, 0.3) is 0 Å². The van der Waals surface area contributed by atoms with Gasteiger partial charge < -0.3 is 19.7 Å². The number of carbonyl (C=O) groups is 1. The number of hydrogen-bond donors (Lipinski definition) is 2. The van der Waals surface area contributed by atoms with Crippen molar-refractivity contribution in [1.82, 2.24) is 0 Å². The standard InChI is InChI=1S/C28H55O8PS/c1-5-8-10-12-13-14-15-16-18-20-23-38(33,34)25(21-19-17-11-9-6-2)24(4)36-27(35-22-7-3)28(31,37-32)26(29)30/h24-25,27,31H,5-23H2,1-4H3,(H,29,30)/p+1. The molecule has 5 atom stereocenters. The van der Waals surface area contributed by atoms with Gasteiger partial charge in [-0.2, -0.15) is 0 Å². The number of rotatable bonds is 27. The molecule has 226 valence electrons. The van der Waals surface area contributed by atoms with Crippen LogP contribution in [0.4, 0.5) is 0 Å². The maximum absolute atomic E-state index is 13.4. The Labute approximate surface area is 233 Å². The quantitative estimate of drug-likeness (QED) is 0.0601. The van der Waals surface area contributed by atoms with E-state index in [-0.39, 0.29) is 12.4 Å². The van der Waals surface area contributed by atoms with Crippen LogP contribution in [0, 0.1) is 0 Å². The van der Waals surface area contributed by atoms with Crippen LogP contribution in [-0.4, -0.2) is 59.9 Å². The summed E-state index contributed by atoms with van der Waals surface area (Å²) >= 11 is 0. The lowest BCUT2D eigenvalue weighted by molar-refractivity contribution is -0.231. The Bertz CT molecular complexity index is 718. The molecule has 0 aromatic rings. The molecule has 0 saturated carbocycles. The molecule has 0 fully saturated rings. The second-order valence-electron chi connectivity index (χ2n) is 10.5. The molecule has 0 aliphatic carbocycles. The summed E-state index contributed by atoms with van der Waals surface area (Å²) in [6.45, 7) is 7.78. The zero-order chi connectivity index (χ0) is 28.9. The number of ether oxygens (including phenoxy) is 2. The van der Waals surface area contributed by atoms with E-state index in [9.17, 15) is 28.0 Å². The Balaban J connectivity index is 5.20. The van der Waals surface area contributed by atoms with E-state index in [1.165, 1.54) is 38.5 Å². The molecule has 0 radical (unpaired) electrons. The van der Waals surface area contributed by atoms with Gasteiger partial charge in [0.05, 0.1) is 17.1 Å². The minimum atomic E-state index is -3.55. The Morgan fingerprint density at radius 2 is 1.29 bits per heavy atom. The van der Waals surface area contributed by atoms with E-state index in [0.29, 0.717) is 25.7 Å². The van der Waals surface area contributed by atoms with E-state index in [1.54, 1.807) is 13.8 Å². The Morgan fingerprint density at radius 1 is 0.816 bits per heavy atom. The van der Waals surface area contributed by atoms with Gasteiger partial charge in [-0.05, 0) is 26.2 Å². The van der Waals surface area contributed by atoms with Gasteiger partial charge in [0.15, 0.2) is 9.84 Å². The van der Waals surface area contributed by atoms with E-state index in [1.807, 2.05) is 0 Å². The lowest BCUT2D eigenvalue weighted by Crippen LogP contribution is -2.51. The van der Waals surface area contributed by atoms with Crippen LogP contribution in [0.25, 0.3) is 0 Å². The molecule has 8 nitrogen and oxygen atoms in total. The van der Waals surface area contributed by atoms with Crippen LogP contribution in [0.2, 0.25) is 0 Å². The molecule has 0 aromatic carbocycles. The predicted octanol–water partition coefficient (Wildman–Crippen LogP) is 7.01. The number of unbranched alkanes of at least 4 members (excludes halogenated alkanes) is 13. The molecule has 0 bridgehead atoms. The van der Waals surface area contributed by atoms with Crippen molar-refractivity contribution in [2.24, 2.45) is 0 Å². The van der Waals surface area contributed by atoms with E-state index >= 15 is 0 Å². The summed E-state index contributed by atoms with van der Waals surface area (Å²) in [6, 6.07) is 0. The van der Waals surface area contributed by atoms with Gasteiger partial charge in [-0.15, -0.1) is 0 Å². The first kappa shape index (κ1) is 37.4. The van der Waals surface area contributed by atoms with E-state index in [4.69, 9.17) is 9.47 Å². The molecule has 0 aliphatic rings. The Kier molecular flexibility index (Phi) is 21.8. The van der Waals surface area contributed by atoms with Gasteiger partial charge in [0.1, 0.15) is 0 Å². The maximum Gasteiger partial charge on any atom is 0.407 e. The number of carboxylic acid groups (broad SMARTS) is 1. The van der Waals surface area contributed by atoms with Gasteiger partial charge in [-0.1, -0.05) is 115 Å². The SMILES string of the molecule is CCCCCCCCCCCCS(=O)(=O)C(CCCCCCC)C(C)OC(OCCC)C(O)([PH+]=O)C(=O)O. The van der Waals surface area contributed by atoms with Crippen LogP contribution in [0.5, 0.6) is 0 Å². The van der Waals surface area contributed by atoms with Crippen molar-refractivity contribution < 1.29 is 37.5 Å². The highest BCUT2D eigenvalue weighted by Gasteiger charge is 2.57. The summed E-state index contributed by atoms with van der Waals surface area (Å²) in [7, 11) is -5.19. The van der Waals surface area contributed by atoms with E-state index < -0.39 is 47.3 Å². The molecule has 0 saturated heterocycles. The molecule has 0 heterocycles. The Hall–Kier alpha value is -0.600. The topological polar surface area (TPSA) is 127 Å². The smallest absolute Gasteiger partial charge is 0.407 e. The molecule has 0 amide bonds. The third kappa shape index (κ3) is 15.3. The molecule has 2 N–H and O–H groups in total. The van der Waals surface area contributed by atoms with Gasteiger partial charge in [0, 0.05) is 6.61 Å². The molecule has 5 unspecified atom stereocenters. The van der Waals surface area contributed by atoms with Crippen LogP contribution in [0.3, 0.4) is 0 Å². The highest BCUT2D eigenvalue weighted by atomic mass is 32.2. The largest absolute Gasteiger partial charge is 0.476 e. The van der Waals surface area contributed by atoms with Crippen LogP contribution in [0.1, 0.15) is 137 Å². The van der Waals surface area contributed by atoms with Crippen LogP contribution >= 0.6 is 8.46 Å². The van der Waals surface area contributed by atoms with Gasteiger partial charge in [-0.25, -0.2) is 13.2 Å². The third-order valence-corrected chi connectivity index (χ3v) is 10.2. The number of sulfone groups is 1. The fourth-order valence-electron chi connectivity index (χ4n) is 4.56. The van der Waals surface area contributed by atoms with Crippen molar-refractivity contribution in [2.75, 3.05) is 12.4 Å². The molecular formula is C28H56O8PS+. The van der Waals surface area contributed by atoms with Crippen molar-refractivity contribution in [3.63, 3.8) is 0 Å². The van der Waals surface area contributed by atoms with Crippen LogP contribution < -0.4 is 0 Å². The van der Waals surface area contributed by atoms with Crippen molar-refractivity contribution in [2.45, 2.75) is 160 Å². The maximum atomic E-state index is 13.4. The molecular weight excluding hydrogens is 527 g/mol. The first-order valence-corrected chi connectivity index (χ1v) is 17.6. The summed E-state index contributed by atoms with van der Waals surface area (Å²) in [4.78, 5) is 11.7. The van der Waals surface area contributed by atoms with Gasteiger partial charge in [-0.3, -0.25) is 0 Å². The highest BCUT2D eigenvalue weighted by Crippen LogP contribution is 2.31. The van der Waals surface area contributed by atoms with Crippen molar-refractivity contribution in [3.8, 4) is 0 Å². The normalized spacial score (nSPS) is 16.2. The highest BCUT2D eigenvalue weighted by molar-refractivity contribution is 7.92. The number of aliphatic carboxylic acids is 1. The van der Waals surface area contributed by atoms with Crippen molar-refractivity contribution in [1.29, 1.82) is 0 Å². The zero-order valence-corrected chi connectivity index (χ0v) is 26.2.